The molecule has 0 bridgehead atoms. The number of carbonyl (C=O) groups is 1. The fraction of sp³-hybridized carbons (Fsp3) is 0.632. The highest BCUT2D eigenvalue weighted by atomic mass is 35.5. The van der Waals surface area contributed by atoms with Crippen LogP contribution in [0.15, 0.2) is 24.3 Å². The molecule has 1 amide bonds. The van der Waals surface area contributed by atoms with E-state index in [9.17, 15) is 4.79 Å². The molecule has 1 aromatic rings. The molecular weight excluding hydrogens is 357 g/mol. The van der Waals surface area contributed by atoms with Gasteiger partial charge in [-0.15, -0.1) is 23.2 Å². The number of nitrogens with zero attached hydrogens (tertiary/aromatic N) is 2. The first kappa shape index (κ1) is 18.8. The maximum Gasteiger partial charge on any atom is 0.233 e. The molecule has 0 radical (unpaired) electrons. The Morgan fingerprint density at radius 3 is 2.28 bits per heavy atom. The summed E-state index contributed by atoms with van der Waals surface area (Å²) in [6.07, 6.45) is 2.94. The summed E-state index contributed by atoms with van der Waals surface area (Å²) in [5, 5.41) is 2.93. The van der Waals surface area contributed by atoms with Gasteiger partial charge in [-0.05, 0) is 70.5 Å². The lowest BCUT2D eigenvalue weighted by Gasteiger charge is -2.34. The standard InChI is InChI=1S/C19H27Cl2N3O/c1-18(13-19(18,20)21)17(25)22-15-4-6-16(7-5-15)24-10-8-14(9-11-24)12-23(2)3/h4-7,14H,8-13H2,1-3H3,(H,22,25). The number of hydrogen-bond donors (Lipinski definition) is 1. The second kappa shape index (κ2) is 6.98. The molecule has 3 rings (SSSR count). The molecule has 25 heavy (non-hydrogen) atoms. The zero-order valence-corrected chi connectivity index (χ0v) is 16.7. The lowest BCUT2D eigenvalue weighted by molar-refractivity contribution is -0.120. The molecule has 1 aromatic carbocycles. The lowest BCUT2D eigenvalue weighted by atomic mass is 9.96. The van der Waals surface area contributed by atoms with Crippen molar-refractivity contribution < 1.29 is 4.79 Å². The summed E-state index contributed by atoms with van der Waals surface area (Å²) in [5.41, 5.74) is 1.31. The van der Waals surface area contributed by atoms with Gasteiger partial charge in [0.25, 0.3) is 0 Å². The Balaban J connectivity index is 1.54. The fourth-order valence-electron chi connectivity index (χ4n) is 3.56. The molecule has 1 heterocycles. The Morgan fingerprint density at radius 1 is 1.24 bits per heavy atom. The Hall–Kier alpha value is -0.970. The van der Waals surface area contributed by atoms with Crippen molar-refractivity contribution in [3.8, 4) is 0 Å². The summed E-state index contributed by atoms with van der Waals surface area (Å²) in [4.78, 5) is 17.0. The van der Waals surface area contributed by atoms with Crippen LogP contribution >= 0.6 is 23.2 Å². The summed E-state index contributed by atoms with van der Waals surface area (Å²) < 4.78 is -0.937. The van der Waals surface area contributed by atoms with Gasteiger partial charge in [0.2, 0.25) is 5.91 Å². The summed E-state index contributed by atoms with van der Waals surface area (Å²) in [6.45, 7) is 5.14. The van der Waals surface area contributed by atoms with Crippen molar-refractivity contribution in [3.63, 3.8) is 0 Å². The van der Waals surface area contributed by atoms with E-state index < -0.39 is 9.75 Å². The highest BCUT2D eigenvalue weighted by Gasteiger charge is 2.67. The van der Waals surface area contributed by atoms with Gasteiger partial charge in [0.1, 0.15) is 4.33 Å². The van der Waals surface area contributed by atoms with E-state index in [-0.39, 0.29) is 5.91 Å². The molecule has 0 aromatic heterocycles. The number of halogens is 2. The van der Waals surface area contributed by atoms with E-state index in [0.29, 0.717) is 6.42 Å². The number of piperidine rings is 1. The molecule has 6 heteroatoms. The van der Waals surface area contributed by atoms with Crippen molar-refractivity contribution >= 4 is 40.5 Å². The van der Waals surface area contributed by atoms with E-state index in [2.05, 4.69) is 41.3 Å². The third-order valence-corrected chi connectivity index (χ3v) is 6.59. The van der Waals surface area contributed by atoms with Crippen molar-refractivity contribution in [2.75, 3.05) is 43.9 Å². The van der Waals surface area contributed by atoms with Gasteiger partial charge in [-0.3, -0.25) is 4.79 Å². The predicted molar refractivity (Wildman–Crippen MR) is 106 cm³/mol. The van der Waals surface area contributed by atoms with Crippen LogP contribution in [0.4, 0.5) is 11.4 Å². The van der Waals surface area contributed by atoms with E-state index in [1.54, 1.807) is 6.92 Å². The minimum absolute atomic E-state index is 0.116. The second-order valence-corrected chi connectivity index (χ2v) is 9.39. The van der Waals surface area contributed by atoms with Crippen molar-refractivity contribution in [3.05, 3.63) is 24.3 Å². The second-order valence-electron chi connectivity index (χ2n) is 7.91. The number of carbonyl (C=O) groups excluding carboxylic acids is 1. The first-order valence-corrected chi connectivity index (χ1v) is 9.66. The molecule has 2 fully saturated rings. The number of rotatable bonds is 5. The number of hydrogen-bond acceptors (Lipinski definition) is 3. The molecule has 138 valence electrons. The number of nitrogens with one attached hydrogen (secondary N) is 1. The highest BCUT2D eigenvalue weighted by Crippen LogP contribution is 2.64. The SMILES string of the molecule is CN(C)CC1CCN(c2ccc(NC(=O)C3(C)CC3(Cl)Cl)cc2)CC1. The van der Waals surface area contributed by atoms with Gasteiger partial charge in [-0.25, -0.2) is 0 Å². The number of alkyl halides is 2. The van der Waals surface area contributed by atoms with Crippen LogP contribution in [0, 0.1) is 11.3 Å². The maximum atomic E-state index is 12.3. The molecule has 1 saturated heterocycles. The van der Waals surface area contributed by atoms with E-state index in [0.717, 1.165) is 24.7 Å². The normalized spacial score (nSPS) is 25.9. The van der Waals surface area contributed by atoms with Crippen molar-refractivity contribution in [1.29, 1.82) is 0 Å². The van der Waals surface area contributed by atoms with E-state index in [1.807, 2.05) is 12.1 Å². The summed E-state index contributed by atoms with van der Waals surface area (Å²) in [5.74, 6) is 0.671. The average molecular weight is 384 g/mol. The number of benzene rings is 1. The number of anilines is 2. The zero-order chi connectivity index (χ0) is 18.2. The van der Waals surface area contributed by atoms with Gasteiger partial charge in [0.05, 0.1) is 5.41 Å². The molecule has 4 nitrogen and oxygen atoms in total. The molecular formula is C19H27Cl2N3O. The lowest BCUT2D eigenvalue weighted by Crippen LogP contribution is -2.37. The largest absolute Gasteiger partial charge is 0.372 e. The smallest absolute Gasteiger partial charge is 0.233 e. The van der Waals surface area contributed by atoms with Crippen LogP contribution in [0.2, 0.25) is 0 Å². The quantitative estimate of drug-likeness (QED) is 0.780. The van der Waals surface area contributed by atoms with Crippen LogP contribution in [0.3, 0.4) is 0 Å². The van der Waals surface area contributed by atoms with Gasteiger partial charge in [0.15, 0.2) is 0 Å². The minimum Gasteiger partial charge on any atom is -0.372 e. The van der Waals surface area contributed by atoms with Gasteiger partial charge in [-0.1, -0.05) is 0 Å². The minimum atomic E-state index is -0.937. The van der Waals surface area contributed by atoms with E-state index >= 15 is 0 Å². The topological polar surface area (TPSA) is 35.6 Å². The van der Waals surface area contributed by atoms with Crippen LogP contribution in [-0.2, 0) is 4.79 Å². The molecule has 1 unspecified atom stereocenters. The van der Waals surface area contributed by atoms with Crippen molar-refractivity contribution in [1.82, 2.24) is 4.90 Å². The Labute approximate surface area is 160 Å². The third-order valence-electron chi connectivity index (χ3n) is 5.49. The molecule has 1 aliphatic heterocycles. The number of amides is 1. The summed E-state index contributed by atoms with van der Waals surface area (Å²) >= 11 is 12.1. The van der Waals surface area contributed by atoms with Crippen LogP contribution < -0.4 is 10.2 Å². The molecule has 2 aliphatic rings. The highest BCUT2D eigenvalue weighted by molar-refractivity contribution is 6.53. The van der Waals surface area contributed by atoms with Crippen molar-refractivity contribution in [2.24, 2.45) is 11.3 Å². The average Bonchev–Trinajstić information content (AvgIpc) is 3.08. The van der Waals surface area contributed by atoms with Gasteiger partial charge in [-0.2, -0.15) is 0 Å². The summed E-state index contributed by atoms with van der Waals surface area (Å²) in [6, 6.07) is 8.06. The Morgan fingerprint density at radius 2 is 1.80 bits per heavy atom. The molecule has 1 N–H and O–H groups in total. The first-order chi connectivity index (χ1) is 11.7. The molecule has 1 atom stereocenters. The first-order valence-electron chi connectivity index (χ1n) is 8.90. The fourth-order valence-corrected chi connectivity index (χ4v) is 4.27. The van der Waals surface area contributed by atoms with Gasteiger partial charge in [0, 0.05) is 31.0 Å². The maximum absolute atomic E-state index is 12.3. The van der Waals surface area contributed by atoms with E-state index in [4.69, 9.17) is 23.2 Å². The summed E-state index contributed by atoms with van der Waals surface area (Å²) in [7, 11) is 4.28. The van der Waals surface area contributed by atoms with Crippen LogP contribution in [0.25, 0.3) is 0 Å². The van der Waals surface area contributed by atoms with Crippen LogP contribution in [-0.4, -0.2) is 48.9 Å². The monoisotopic (exact) mass is 383 g/mol. The van der Waals surface area contributed by atoms with Gasteiger partial charge < -0.3 is 15.1 Å². The zero-order valence-electron chi connectivity index (χ0n) is 15.2. The molecule has 1 aliphatic carbocycles. The third kappa shape index (κ3) is 4.07. The molecule has 1 saturated carbocycles. The van der Waals surface area contributed by atoms with Crippen molar-refractivity contribution in [2.45, 2.75) is 30.5 Å². The predicted octanol–water partition coefficient (Wildman–Crippen LogP) is 3.99. The Kier molecular flexibility index (Phi) is 5.25. The van der Waals surface area contributed by atoms with E-state index in [1.165, 1.54) is 25.1 Å². The molecule has 0 spiro atoms. The van der Waals surface area contributed by atoms with Crippen LogP contribution in [0.5, 0.6) is 0 Å². The van der Waals surface area contributed by atoms with Gasteiger partial charge >= 0.3 is 0 Å². The Bertz CT molecular complexity index is 624. The van der Waals surface area contributed by atoms with Crippen LogP contribution in [0.1, 0.15) is 26.2 Å².